The Hall–Kier alpha value is -2.56. The SMILES string of the molecule is COc1ccc(-c2cnc3[nH][c]nc3c2)cc1OC. The highest BCUT2D eigenvalue weighted by molar-refractivity contribution is 5.78. The molecule has 3 aromatic rings. The van der Waals surface area contributed by atoms with Gasteiger partial charge in [-0.3, -0.25) is 0 Å². The van der Waals surface area contributed by atoms with Gasteiger partial charge in [-0.05, 0) is 23.8 Å². The number of hydrogen-bond acceptors (Lipinski definition) is 4. The number of aromatic nitrogens is 3. The number of nitrogens with one attached hydrogen (secondary N) is 1. The van der Waals surface area contributed by atoms with Crippen LogP contribution in [0.2, 0.25) is 0 Å². The van der Waals surface area contributed by atoms with Gasteiger partial charge in [-0.2, -0.15) is 0 Å². The van der Waals surface area contributed by atoms with E-state index in [1.54, 1.807) is 20.4 Å². The van der Waals surface area contributed by atoms with E-state index < -0.39 is 0 Å². The lowest BCUT2D eigenvalue weighted by Crippen LogP contribution is -1.91. The summed E-state index contributed by atoms with van der Waals surface area (Å²) in [5.41, 5.74) is 3.47. The van der Waals surface area contributed by atoms with Gasteiger partial charge < -0.3 is 14.5 Å². The Morgan fingerprint density at radius 1 is 1.05 bits per heavy atom. The Morgan fingerprint density at radius 3 is 2.68 bits per heavy atom. The Kier molecular flexibility index (Phi) is 2.79. The van der Waals surface area contributed by atoms with Crippen LogP contribution in [-0.2, 0) is 0 Å². The van der Waals surface area contributed by atoms with Gasteiger partial charge in [-0.25, -0.2) is 9.97 Å². The van der Waals surface area contributed by atoms with Crippen LogP contribution in [0.1, 0.15) is 0 Å². The lowest BCUT2D eigenvalue weighted by atomic mass is 10.1. The molecule has 2 heterocycles. The summed E-state index contributed by atoms with van der Waals surface area (Å²) in [5.74, 6) is 1.39. The van der Waals surface area contributed by atoms with Gasteiger partial charge in [0.2, 0.25) is 0 Å². The van der Waals surface area contributed by atoms with E-state index in [9.17, 15) is 0 Å². The highest BCUT2D eigenvalue weighted by atomic mass is 16.5. The predicted octanol–water partition coefficient (Wildman–Crippen LogP) is 2.44. The molecule has 95 valence electrons. The first kappa shape index (κ1) is 11.5. The van der Waals surface area contributed by atoms with Gasteiger partial charge in [0.15, 0.2) is 23.5 Å². The third kappa shape index (κ3) is 1.99. The van der Waals surface area contributed by atoms with Crippen LogP contribution in [0.4, 0.5) is 0 Å². The number of rotatable bonds is 3. The zero-order valence-electron chi connectivity index (χ0n) is 10.6. The Morgan fingerprint density at radius 2 is 1.89 bits per heavy atom. The van der Waals surface area contributed by atoms with Crippen molar-refractivity contribution < 1.29 is 9.47 Å². The Balaban J connectivity index is 2.09. The van der Waals surface area contributed by atoms with E-state index in [-0.39, 0.29) is 0 Å². The summed E-state index contributed by atoms with van der Waals surface area (Å²) in [6.07, 6.45) is 4.46. The van der Waals surface area contributed by atoms with Gasteiger partial charge in [0.1, 0.15) is 5.52 Å². The van der Waals surface area contributed by atoms with E-state index in [2.05, 4.69) is 21.3 Å². The molecule has 0 fully saturated rings. The van der Waals surface area contributed by atoms with Crippen LogP contribution in [0.25, 0.3) is 22.3 Å². The van der Waals surface area contributed by atoms with Gasteiger partial charge in [0, 0.05) is 11.8 Å². The molecule has 5 heteroatoms. The number of aromatic amines is 1. The van der Waals surface area contributed by atoms with Crippen LogP contribution in [0.5, 0.6) is 11.5 Å². The molecule has 1 aromatic carbocycles. The van der Waals surface area contributed by atoms with E-state index in [4.69, 9.17) is 9.47 Å². The molecule has 0 amide bonds. The molecule has 0 unspecified atom stereocenters. The molecule has 0 aliphatic heterocycles. The first-order chi connectivity index (χ1) is 9.31. The Labute approximate surface area is 110 Å². The molecular formula is C14H12N3O2. The quantitative estimate of drug-likeness (QED) is 0.779. The predicted molar refractivity (Wildman–Crippen MR) is 71.3 cm³/mol. The van der Waals surface area contributed by atoms with Crippen molar-refractivity contribution in [2.24, 2.45) is 0 Å². The molecule has 0 spiro atoms. The number of hydrogen-bond donors (Lipinski definition) is 1. The van der Waals surface area contributed by atoms with Gasteiger partial charge in [0.05, 0.1) is 14.2 Å². The van der Waals surface area contributed by atoms with Crippen molar-refractivity contribution >= 4 is 11.2 Å². The molecule has 3 rings (SSSR count). The van der Waals surface area contributed by atoms with Crippen molar-refractivity contribution in [2.75, 3.05) is 14.2 Å². The van der Waals surface area contributed by atoms with Gasteiger partial charge >= 0.3 is 0 Å². The second-order valence-corrected chi connectivity index (χ2v) is 4.01. The summed E-state index contributed by atoms with van der Waals surface area (Å²) in [5, 5.41) is 0. The van der Waals surface area contributed by atoms with E-state index in [1.807, 2.05) is 24.3 Å². The molecule has 0 aliphatic carbocycles. The molecule has 2 aromatic heterocycles. The van der Waals surface area contributed by atoms with Gasteiger partial charge in [-0.15, -0.1) is 0 Å². The summed E-state index contributed by atoms with van der Waals surface area (Å²) >= 11 is 0. The maximum absolute atomic E-state index is 5.30. The fourth-order valence-electron chi connectivity index (χ4n) is 1.95. The first-order valence-corrected chi connectivity index (χ1v) is 5.76. The van der Waals surface area contributed by atoms with Crippen molar-refractivity contribution in [1.82, 2.24) is 15.0 Å². The van der Waals surface area contributed by atoms with E-state index in [0.29, 0.717) is 11.5 Å². The zero-order chi connectivity index (χ0) is 13.2. The highest BCUT2D eigenvalue weighted by Crippen LogP contribution is 2.32. The average Bonchev–Trinajstić information content (AvgIpc) is 2.93. The number of ether oxygens (including phenoxy) is 2. The number of benzene rings is 1. The van der Waals surface area contributed by atoms with Crippen molar-refractivity contribution in [1.29, 1.82) is 0 Å². The zero-order valence-corrected chi connectivity index (χ0v) is 10.6. The monoisotopic (exact) mass is 254 g/mol. The molecule has 0 saturated carbocycles. The number of nitrogens with zero attached hydrogens (tertiary/aromatic N) is 2. The third-order valence-corrected chi connectivity index (χ3v) is 2.94. The fourth-order valence-corrected chi connectivity index (χ4v) is 1.95. The van der Waals surface area contributed by atoms with Crippen LogP contribution in [0.15, 0.2) is 30.5 Å². The minimum atomic E-state index is 0.689. The topological polar surface area (TPSA) is 60.0 Å². The van der Waals surface area contributed by atoms with Crippen molar-refractivity contribution in [3.8, 4) is 22.6 Å². The van der Waals surface area contributed by atoms with E-state index >= 15 is 0 Å². The van der Waals surface area contributed by atoms with Crippen LogP contribution < -0.4 is 9.47 Å². The lowest BCUT2D eigenvalue weighted by Gasteiger charge is -2.09. The second kappa shape index (κ2) is 4.61. The summed E-state index contributed by atoms with van der Waals surface area (Å²) in [7, 11) is 3.23. The minimum Gasteiger partial charge on any atom is -0.493 e. The first-order valence-electron chi connectivity index (χ1n) is 5.76. The molecule has 0 aliphatic rings. The van der Waals surface area contributed by atoms with Crippen molar-refractivity contribution in [3.63, 3.8) is 0 Å². The summed E-state index contributed by atoms with van der Waals surface area (Å²) in [4.78, 5) is 11.2. The third-order valence-electron chi connectivity index (χ3n) is 2.94. The van der Waals surface area contributed by atoms with Crippen LogP contribution in [0.3, 0.4) is 0 Å². The molecule has 19 heavy (non-hydrogen) atoms. The molecule has 1 N–H and O–H groups in total. The number of methoxy groups -OCH3 is 2. The standard InChI is InChI=1S/C14H12N3O2/c1-18-12-4-3-9(6-13(12)19-2)10-5-11-14(15-7-10)17-8-16-11/h3-7H,1-2H3,(H,15,16,17). The maximum Gasteiger partial charge on any atom is 0.175 e. The number of pyridine rings is 1. The van der Waals surface area contributed by atoms with Gasteiger partial charge in [0.25, 0.3) is 0 Å². The van der Waals surface area contributed by atoms with E-state index in [1.165, 1.54) is 0 Å². The number of imidazole rings is 1. The summed E-state index contributed by atoms with van der Waals surface area (Å²) < 4.78 is 10.5. The number of fused-ring (bicyclic) bond motifs is 1. The van der Waals surface area contributed by atoms with Crippen LogP contribution in [0, 0.1) is 6.33 Å². The smallest absolute Gasteiger partial charge is 0.175 e. The normalized spacial score (nSPS) is 10.6. The second-order valence-electron chi connectivity index (χ2n) is 4.01. The van der Waals surface area contributed by atoms with Gasteiger partial charge in [-0.1, -0.05) is 6.07 Å². The average molecular weight is 254 g/mol. The molecular weight excluding hydrogens is 242 g/mol. The highest BCUT2D eigenvalue weighted by Gasteiger charge is 2.07. The van der Waals surface area contributed by atoms with E-state index in [0.717, 1.165) is 22.3 Å². The van der Waals surface area contributed by atoms with Crippen molar-refractivity contribution in [2.45, 2.75) is 0 Å². The molecule has 0 bridgehead atoms. The lowest BCUT2D eigenvalue weighted by molar-refractivity contribution is 0.355. The minimum absolute atomic E-state index is 0.689. The maximum atomic E-state index is 5.30. The molecule has 1 radical (unpaired) electrons. The van der Waals surface area contributed by atoms with Crippen LogP contribution >= 0.6 is 0 Å². The molecule has 5 nitrogen and oxygen atoms in total. The Bertz CT molecular complexity index is 722. The molecule has 0 atom stereocenters. The summed E-state index contributed by atoms with van der Waals surface area (Å²) in [6.45, 7) is 0. The summed E-state index contributed by atoms with van der Waals surface area (Å²) in [6, 6.07) is 7.70. The largest absolute Gasteiger partial charge is 0.493 e. The number of H-pyrrole nitrogens is 1. The van der Waals surface area contributed by atoms with Crippen LogP contribution in [-0.4, -0.2) is 29.2 Å². The molecule has 0 saturated heterocycles. The van der Waals surface area contributed by atoms with Crippen molar-refractivity contribution in [3.05, 3.63) is 36.8 Å². The fraction of sp³-hybridized carbons (Fsp3) is 0.143.